The molecular weight excluding hydrogens is 151 g/mol. The second kappa shape index (κ2) is 2.74. The first-order valence-corrected chi connectivity index (χ1v) is 4.23. The van der Waals surface area contributed by atoms with Crippen LogP contribution in [0.15, 0.2) is 24.8 Å². The van der Waals surface area contributed by atoms with Gasteiger partial charge in [-0.3, -0.25) is 0 Å². The Morgan fingerprint density at radius 2 is 2.17 bits per heavy atom. The Hall–Kier alpha value is -1.11. The Kier molecular flexibility index (Phi) is 1.72. The zero-order valence-corrected chi connectivity index (χ0v) is 6.89. The Bertz CT molecular complexity index is 311. The summed E-state index contributed by atoms with van der Waals surface area (Å²) >= 11 is 0. The summed E-state index contributed by atoms with van der Waals surface area (Å²) in [6, 6.07) is 4.96. The third kappa shape index (κ3) is 1.27. The standard InChI is InChI=1S/C11H11F/c1-2-8-7-10(12)5-6-11(8)9-3-4-9/h2,5-7,9H,1,3-4H2. The van der Waals surface area contributed by atoms with E-state index in [-0.39, 0.29) is 5.82 Å². The van der Waals surface area contributed by atoms with Gasteiger partial charge in [0.05, 0.1) is 0 Å². The maximum Gasteiger partial charge on any atom is 0.123 e. The highest BCUT2D eigenvalue weighted by Gasteiger charge is 2.25. The highest BCUT2D eigenvalue weighted by atomic mass is 19.1. The highest BCUT2D eigenvalue weighted by molar-refractivity contribution is 5.54. The van der Waals surface area contributed by atoms with Gasteiger partial charge in [0.2, 0.25) is 0 Å². The van der Waals surface area contributed by atoms with Crippen molar-refractivity contribution in [1.82, 2.24) is 0 Å². The molecule has 0 aliphatic heterocycles. The number of rotatable bonds is 2. The van der Waals surface area contributed by atoms with Crippen molar-refractivity contribution in [3.8, 4) is 0 Å². The minimum absolute atomic E-state index is 0.172. The molecule has 0 spiro atoms. The molecule has 12 heavy (non-hydrogen) atoms. The third-order valence-corrected chi connectivity index (χ3v) is 2.29. The van der Waals surface area contributed by atoms with E-state index in [1.807, 2.05) is 6.07 Å². The lowest BCUT2D eigenvalue weighted by Gasteiger charge is -2.03. The first-order chi connectivity index (χ1) is 5.81. The van der Waals surface area contributed by atoms with E-state index in [2.05, 4.69) is 6.58 Å². The number of hydrogen-bond donors (Lipinski definition) is 0. The van der Waals surface area contributed by atoms with Crippen molar-refractivity contribution >= 4 is 6.08 Å². The van der Waals surface area contributed by atoms with E-state index >= 15 is 0 Å². The highest BCUT2D eigenvalue weighted by Crippen LogP contribution is 2.41. The molecule has 1 saturated carbocycles. The lowest BCUT2D eigenvalue weighted by molar-refractivity contribution is 0.626. The minimum Gasteiger partial charge on any atom is -0.207 e. The summed E-state index contributed by atoms with van der Waals surface area (Å²) < 4.78 is 12.8. The minimum atomic E-state index is -0.172. The lowest BCUT2D eigenvalue weighted by atomic mass is 10.0. The SMILES string of the molecule is C=Cc1cc(F)ccc1C1CC1. The predicted octanol–water partition coefficient (Wildman–Crippen LogP) is 3.35. The zero-order chi connectivity index (χ0) is 8.55. The summed E-state index contributed by atoms with van der Waals surface area (Å²) in [5.74, 6) is 0.493. The molecule has 0 radical (unpaired) electrons. The van der Waals surface area contributed by atoms with Crippen LogP contribution in [-0.2, 0) is 0 Å². The Morgan fingerprint density at radius 1 is 1.42 bits per heavy atom. The monoisotopic (exact) mass is 162 g/mol. The molecule has 1 heteroatoms. The van der Waals surface area contributed by atoms with Crippen molar-refractivity contribution < 1.29 is 4.39 Å². The molecule has 1 aliphatic rings. The molecule has 0 saturated heterocycles. The van der Waals surface area contributed by atoms with Crippen molar-refractivity contribution in [2.24, 2.45) is 0 Å². The smallest absolute Gasteiger partial charge is 0.123 e. The summed E-state index contributed by atoms with van der Waals surface area (Å²) in [6.07, 6.45) is 4.22. The molecule has 62 valence electrons. The average Bonchev–Trinajstić information content (AvgIpc) is 2.87. The van der Waals surface area contributed by atoms with E-state index in [0.717, 1.165) is 5.56 Å². The molecule has 0 atom stereocenters. The normalized spacial score (nSPS) is 16.1. The van der Waals surface area contributed by atoms with Crippen LogP contribution in [0.3, 0.4) is 0 Å². The van der Waals surface area contributed by atoms with Gasteiger partial charge in [-0.2, -0.15) is 0 Å². The molecular formula is C11H11F. The van der Waals surface area contributed by atoms with Crippen LogP contribution in [0, 0.1) is 5.82 Å². The summed E-state index contributed by atoms with van der Waals surface area (Å²) in [4.78, 5) is 0. The zero-order valence-electron chi connectivity index (χ0n) is 6.89. The summed E-state index contributed by atoms with van der Waals surface area (Å²) in [7, 11) is 0. The van der Waals surface area contributed by atoms with Gasteiger partial charge in [-0.15, -0.1) is 0 Å². The fourth-order valence-electron chi connectivity index (χ4n) is 1.49. The van der Waals surface area contributed by atoms with Crippen LogP contribution in [0.1, 0.15) is 29.9 Å². The van der Waals surface area contributed by atoms with Gasteiger partial charge >= 0.3 is 0 Å². The van der Waals surface area contributed by atoms with Gasteiger partial charge in [0.1, 0.15) is 5.82 Å². The van der Waals surface area contributed by atoms with Gasteiger partial charge in [-0.05, 0) is 42.0 Å². The van der Waals surface area contributed by atoms with E-state index in [9.17, 15) is 4.39 Å². The van der Waals surface area contributed by atoms with E-state index < -0.39 is 0 Å². The third-order valence-electron chi connectivity index (χ3n) is 2.29. The second-order valence-corrected chi connectivity index (χ2v) is 3.25. The number of hydrogen-bond acceptors (Lipinski definition) is 0. The van der Waals surface area contributed by atoms with E-state index in [1.54, 1.807) is 12.1 Å². The van der Waals surface area contributed by atoms with E-state index in [0.29, 0.717) is 5.92 Å². The molecule has 2 rings (SSSR count). The molecule has 0 aromatic heterocycles. The second-order valence-electron chi connectivity index (χ2n) is 3.25. The Balaban J connectivity index is 2.44. The lowest BCUT2D eigenvalue weighted by Crippen LogP contribution is -1.86. The summed E-state index contributed by atoms with van der Waals surface area (Å²) in [5, 5.41) is 0. The number of halogens is 1. The summed E-state index contributed by atoms with van der Waals surface area (Å²) in [6.45, 7) is 3.68. The van der Waals surface area contributed by atoms with Crippen molar-refractivity contribution in [3.05, 3.63) is 41.7 Å². The van der Waals surface area contributed by atoms with Crippen LogP contribution in [0.25, 0.3) is 6.08 Å². The van der Waals surface area contributed by atoms with Gasteiger partial charge in [-0.25, -0.2) is 4.39 Å². The maximum absolute atomic E-state index is 12.8. The largest absolute Gasteiger partial charge is 0.207 e. The fourth-order valence-corrected chi connectivity index (χ4v) is 1.49. The van der Waals surface area contributed by atoms with Gasteiger partial charge in [0.25, 0.3) is 0 Å². The van der Waals surface area contributed by atoms with Crippen LogP contribution in [0.4, 0.5) is 4.39 Å². The molecule has 0 heterocycles. The molecule has 1 aromatic carbocycles. The first-order valence-electron chi connectivity index (χ1n) is 4.23. The van der Waals surface area contributed by atoms with Crippen molar-refractivity contribution in [1.29, 1.82) is 0 Å². The van der Waals surface area contributed by atoms with Gasteiger partial charge < -0.3 is 0 Å². The molecule has 1 aromatic rings. The van der Waals surface area contributed by atoms with Crippen LogP contribution in [0.2, 0.25) is 0 Å². The average molecular weight is 162 g/mol. The molecule has 0 amide bonds. The Morgan fingerprint density at radius 3 is 2.75 bits per heavy atom. The molecule has 1 fully saturated rings. The topological polar surface area (TPSA) is 0 Å². The summed E-state index contributed by atoms with van der Waals surface area (Å²) in [5.41, 5.74) is 2.21. The predicted molar refractivity (Wildman–Crippen MR) is 48.5 cm³/mol. The van der Waals surface area contributed by atoms with Crippen LogP contribution >= 0.6 is 0 Å². The maximum atomic E-state index is 12.8. The van der Waals surface area contributed by atoms with E-state index in [1.165, 1.54) is 24.5 Å². The van der Waals surface area contributed by atoms with Gasteiger partial charge in [0, 0.05) is 0 Å². The molecule has 0 unspecified atom stereocenters. The molecule has 0 bridgehead atoms. The quantitative estimate of drug-likeness (QED) is 0.625. The van der Waals surface area contributed by atoms with E-state index in [4.69, 9.17) is 0 Å². The number of benzene rings is 1. The van der Waals surface area contributed by atoms with Crippen LogP contribution in [0.5, 0.6) is 0 Å². The molecule has 0 N–H and O–H groups in total. The molecule has 1 aliphatic carbocycles. The van der Waals surface area contributed by atoms with Crippen molar-refractivity contribution in [3.63, 3.8) is 0 Å². The van der Waals surface area contributed by atoms with Gasteiger partial charge in [-0.1, -0.05) is 18.7 Å². The molecule has 0 nitrogen and oxygen atoms in total. The van der Waals surface area contributed by atoms with Gasteiger partial charge in [0.15, 0.2) is 0 Å². The van der Waals surface area contributed by atoms with Crippen LogP contribution in [-0.4, -0.2) is 0 Å². The Labute approximate surface area is 71.7 Å². The van der Waals surface area contributed by atoms with Crippen molar-refractivity contribution in [2.45, 2.75) is 18.8 Å². The van der Waals surface area contributed by atoms with Crippen molar-refractivity contribution in [2.75, 3.05) is 0 Å². The van der Waals surface area contributed by atoms with Crippen LogP contribution < -0.4 is 0 Å². The first kappa shape index (κ1) is 7.53. The fraction of sp³-hybridized carbons (Fsp3) is 0.273.